The molecule has 2 heteroatoms. The van der Waals surface area contributed by atoms with Gasteiger partial charge in [0.2, 0.25) is 0 Å². The minimum absolute atomic E-state index is 0.739. The van der Waals surface area contributed by atoms with Crippen LogP contribution in [0.3, 0.4) is 0 Å². The van der Waals surface area contributed by atoms with E-state index < -0.39 is 0 Å². The quantitative estimate of drug-likeness (QED) is 0.830. The van der Waals surface area contributed by atoms with E-state index in [-0.39, 0.29) is 0 Å². The molecule has 1 N–H and O–H groups in total. The summed E-state index contributed by atoms with van der Waals surface area (Å²) < 4.78 is 0. The minimum atomic E-state index is 0.739. The molecule has 0 bridgehead atoms. The molecule has 0 radical (unpaired) electrons. The Hall–Kier alpha value is -0.0800. The van der Waals surface area contributed by atoms with E-state index in [1.165, 1.54) is 70.9 Å². The first-order valence-electron chi connectivity index (χ1n) is 9.21. The average molecular weight is 280 g/mol. The lowest BCUT2D eigenvalue weighted by molar-refractivity contribution is 0.0462. The molecule has 4 atom stereocenters. The summed E-state index contributed by atoms with van der Waals surface area (Å²) in [6.45, 7) is 9.71. The molecule has 0 aromatic carbocycles. The maximum atomic E-state index is 3.88. The van der Waals surface area contributed by atoms with Crippen molar-refractivity contribution in [2.45, 2.75) is 96.7 Å². The second kappa shape index (κ2) is 8.38. The van der Waals surface area contributed by atoms with Crippen LogP contribution >= 0.6 is 0 Å². The molecule has 0 aromatic rings. The Morgan fingerprint density at radius 1 is 0.950 bits per heavy atom. The molecular weight excluding hydrogens is 244 g/mol. The third-order valence-electron chi connectivity index (χ3n) is 5.48. The Morgan fingerprint density at radius 2 is 1.70 bits per heavy atom. The van der Waals surface area contributed by atoms with Crippen LogP contribution in [0.5, 0.6) is 0 Å². The fraction of sp³-hybridized carbons (Fsp3) is 1.00. The summed E-state index contributed by atoms with van der Waals surface area (Å²) in [5.74, 6) is 0.892. The zero-order valence-electron chi connectivity index (χ0n) is 14.0. The highest BCUT2D eigenvalue weighted by atomic mass is 15.2. The summed E-state index contributed by atoms with van der Waals surface area (Å²) in [5, 5.41) is 3.88. The topological polar surface area (TPSA) is 15.3 Å². The second-order valence-electron chi connectivity index (χ2n) is 7.35. The van der Waals surface area contributed by atoms with Crippen LogP contribution in [0.25, 0.3) is 0 Å². The monoisotopic (exact) mass is 280 g/mol. The highest BCUT2D eigenvalue weighted by Gasteiger charge is 2.33. The zero-order chi connectivity index (χ0) is 14.4. The van der Waals surface area contributed by atoms with E-state index in [1.54, 1.807) is 0 Å². The molecule has 2 nitrogen and oxygen atoms in total. The standard InChI is InChI=1S/C18H36N2/c1-4-13-19-17-9-7-5-6-8-10-18(17)20-14-15(2)11-12-16(20)3/h15-19H,4-14H2,1-3H3. The summed E-state index contributed by atoms with van der Waals surface area (Å²) in [5.41, 5.74) is 0. The van der Waals surface area contributed by atoms with Gasteiger partial charge in [-0.05, 0) is 51.5 Å². The van der Waals surface area contributed by atoms with Gasteiger partial charge in [0, 0.05) is 24.7 Å². The number of hydrogen-bond acceptors (Lipinski definition) is 2. The van der Waals surface area contributed by atoms with Crippen LogP contribution in [0, 0.1) is 5.92 Å². The molecule has 1 saturated carbocycles. The van der Waals surface area contributed by atoms with Crippen molar-refractivity contribution in [3.8, 4) is 0 Å². The van der Waals surface area contributed by atoms with E-state index in [9.17, 15) is 0 Å². The van der Waals surface area contributed by atoms with Gasteiger partial charge in [0.05, 0.1) is 0 Å². The molecule has 2 aliphatic rings. The molecule has 1 saturated heterocycles. The van der Waals surface area contributed by atoms with E-state index >= 15 is 0 Å². The average Bonchev–Trinajstić information content (AvgIpc) is 2.41. The predicted molar refractivity (Wildman–Crippen MR) is 88.1 cm³/mol. The Labute approximate surface area is 126 Å². The Morgan fingerprint density at radius 3 is 2.45 bits per heavy atom. The van der Waals surface area contributed by atoms with Crippen molar-refractivity contribution < 1.29 is 0 Å². The lowest BCUT2D eigenvalue weighted by atomic mass is 9.86. The van der Waals surface area contributed by atoms with Gasteiger partial charge in [0.15, 0.2) is 0 Å². The molecule has 1 heterocycles. The Balaban J connectivity index is 2.04. The summed E-state index contributed by atoms with van der Waals surface area (Å²) in [6.07, 6.45) is 12.7. The summed E-state index contributed by atoms with van der Waals surface area (Å²) in [4.78, 5) is 2.87. The molecule has 118 valence electrons. The third kappa shape index (κ3) is 4.46. The fourth-order valence-corrected chi connectivity index (χ4v) is 4.21. The maximum Gasteiger partial charge on any atom is 0.0252 e. The molecule has 1 aliphatic heterocycles. The van der Waals surface area contributed by atoms with E-state index in [1.807, 2.05) is 0 Å². The molecule has 4 unspecified atom stereocenters. The van der Waals surface area contributed by atoms with Crippen molar-refractivity contribution >= 4 is 0 Å². The molecule has 20 heavy (non-hydrogen) atoms. The maximum absolute atomic E-state index is 3.88. The van der Waals surface area contributed by atoms with Crippen molar-refractivity contribution in [2.24, 2.45) is 5.92 Å². The van der Waals surface area contributed by atoms with Crippen LogP contribution in [-0.4, -0.2) is 36.1 Å². The smallest absolute Gasteiger partial charge is 0.0252 e. The van der Waals surface area contributed by atoms with Crippen molar-refractivity contribution in [3.63, 3.8) is 0 Å². The molecule has 2 rings (SSSR count). The van der Waals surface area contributed by atoms with Crippen molar-refractivity contribution in [1.29, 1.82) is 0 Å². The van der Waals surface area contributed by atoms with Gasteiger partial charge in [-0.2, -0.15) is 0 Å². The van der Waals surface area contributed by atoms with Gasteiger partial charge in [-0.15, -0.1) is 0 Å². The fourth-order valence-electron chi connectivity index (χ4n) is 4.21. The molecule has 1 aliphatic carbocycles. The van der Waals surface area contributed by atoms with Crippen LogP contribution in [0.2, 0.25) is 0 Å². The van der Waals surface area contributed by atoms with Crippen LogP contribution in [-0.2, 0) is 0 Å². The second-order valence-corrected chi connectivity index (χ2v) is 7.35. The first-order valence-corrected chi connectivity index (χ1v) is 9.21. The van der Waals surface area contributed by atoms with Crippen LogP contribution < -0.4 is 5.32 Å². The molecular formula is C18H36N2. The normalized spacial score (nSPS) is 37.4. The van der Waals surface area contributed by atoms with Gasteiger partial charge in [-0.25, -0.2) is 0 Å². The molecule has 0 spiro atoms. The SMILES string of the molecule is CCCNC1CCCCCCC1N1CC(C)CCC1C. The van der Waals surface area contributed by atoms with E-state index in [2.05, 4.69) is 31.0 Å². The van der Waals surface area contributed by atoms with Crippen LogP contribution in [0.1, 0.15) is 78.6 Å². The summed E-state index contributed by atoms with van der Waals surface area (Å²) in [6, 6.07) is 2.32. The summed E-state index contributed by atoms with van der Waals surface area (Å²) in [7, 11) is 0. The number of likely N-dealkylation sites (tertiary alicyclic amines) is 1. The number of rotatable bonds is 4. The van der Waals surface area contributed by atoms with E-state index in [0.29, 0.717) is 0 Å². The van der Waals surface area contributed by atoms with Crippen LogP contribution in [0.4, 0.5) is 0 Å². The number of nitrogens with zero attached hydrogens (tertiary/aromatic N) is 1. The van der Waals surface area contributed by atoms with Crippen molar-refractivity contribution in [2.75, 3.05) is 13.1 Å². The van der Waals surface area contributed by atoms with Crippen molar-refractivity contribution in [1.82, 2.24) is 10.2 Å². The minimum Gasteiger partial charge on any atom is -0.312 e. The van der Waals surface area contributed by atoms with Crippen molar-refractivity contribution in [3.05, 3.63) is 0 Å². The highest BCUT2D eigenvalue weighted by Crippen LogP contribution is 2.29. The molecule has 0 amide bonds. The number of nitrogens with one attached hydrogen (secondary N) is 1. The number of hydrogen-bond donors (Lipinski definition) is 1. The largest absolute Gasteiger partial charge is 0.312 e. The Kier molecular flexibility index (Phi) is 6.83. The lowest BCUT2D eigenvalue weighted by Gasteiger charge is -2.46. The molecule has 2 fully saturated rings. The lowest BCUT2D eigenvalue weighted by Crippen LogP contribution is -2.56. The van der Waals surface area contributed by atoms with Gasteiger partial charge in [-0.3, -0.25) is 4.90 Å². The van der Waals surface area contributed by atoms with Gasteiger partial charge >= 0.3 is 0 Å². The summed E-state index contributed by atoms with van der Waals surface area (Å²) >= 11 is 0. The zero-order valence-corrected chi connectivity index (χ0v) is 14.0. The third-order valence-corrected chi connectivity index (χ3v) is 5.48. The van der Waals surface area contributed by atoms with Gasteiger partial charge < -0.3 is 5.32 Å². The first kappa shape index (κ1) is 16.3. The van der Waals surface area contributed by atoms with Gasteiger partial charge in [-0.1, -0.05) is 39.5 Å². The van der Waals surface area contributed by atoms with Crippen LogP contribution in [0.15, 0.2) is 0 Å². The van der Waals surface area contributed by atoms with E-state index in [4.69, 9.17) is 0 Å². The van der Waals surface area contributed by atoms with Gasteiger partial charge in [0.25, 0.3) is 0 Å². The Bertz CT molecular complexity index is 264. The van der Waals surface area contributed by atoms with E-state index in [0.717, 1.165) is 24.0 Å². The van der Waals surface area contributed by atoms with Gasteiger partial charge in [0.1, 0.15) is 0 Å². The predicted octanol–water partition coefficient (Wildman–Crippen LogP) is 4.20. The highest BCUT2D eigenvalue weighted by molar-refractivity contribution is 4.91. The number of piperidine rings is 1. The first-order chi connectivity index (χ1) is 9.72. The molecule has 0 aromatic heterocycles.